The molecule has 0 saturated carbocycles. The molecule has 3 aliphatic rings. The van der Waals surface area contributed by atoms with Gasteiger partial charge in [0, 0.05) is 90.6 Å². The van der Waals surface area contributed by atoms with E-state index >= 15 is 0 Å². The van der Waals surface area contributed by atoms with Crippen LogP contribution in [0.15, 0.2) is 176 Å². The fraction of sp³-hybridized carbons (Fsp3) is 0.455. The minimum Gasteiger partial charge on any atom is -0.793 e. The van der Waals surface area contributed by atoms with Gasteiger partial charge in [-0.25, -0.2) is 29.0 Å². The van der Waals surface area contributed by atoms with Crippen molar-refractivity contribution in [3.63, 3.8) is 0 Å². The van der Waals surface area contributed by atoms with E-state index in [1.807, 2.05) is 190 Å². The Bertz CT molecular complexity index is 2910. The predicted octanol–water partition coefficient (Wildman–Crippen LogP) is 12.3. The number of hydrogen-bond donors (Lipinski definition) is 2. The Morgan fingerprint density at radius 3 is 1.22 bits per heavy atom. The number of ether oxygens (including phenoxy) is 3. The fourth-order valence-electron chi connectivity index (χ4n) is 8.38. The van der Waals surface area contributed by atoms with E-state index in [0.29, 0.717) is 31.5 Å². The number of hydrogen-bond acceptors (Lipinski definition) is 19. The number of nitrogens with zero attached hydrogens (tertiary/aromatic N) is 5. The van der Waals surface area contributed by atoms with E-state index in [4.69, 9.17) is 19.9 Å². The molecule has 3 radical (unpaired) electrons. The Labute approximate surface area is 621 Å². The summed E-state index contributed by atoms with van der Waals surface area (Å²) < 4.78 is 19.0. The summed E-state index contributed by atoms with van der Waals surface area (Å²) in [4.78, 5) is 90.3. The minimum absolute atomic E-state index is 0. The van der Waals surface area contributed by atoms with Crippen molar-refractivity contribution in [2.45, 2.75) is 173 Å². The van der Waals surface area contributed by atoms with Gasteiger partial charge in [-0.2, -0.15) is 0 Å². The average molecular weight is 1400 g/mol. The second kappa shape index (κ2) is 67.1. The number of carbonyl (C=O) groups excluding carboxylic acids is 6. The summed E-state index contributed by atoms with van der Waals surface area (Å²) in [6, 6.07) is 55.9. The van der Waals surface area contributed by atoms with Crippen LogP contribution in [0.25, 0.3) is 0 Å². The number of nitrogens with two attached hydrogens (primary N) is 1. The minimum atomic E-state index is -0.859. The van der Waals surface area contributed by atoms with E-state index in [0.717, 1.165) is 88.9 Å². The van der Waals surface area contributed by atoms with E-state index in [1.54, 1.807) is 0 Å². The van der Waals surface area contributed by atoms with Crippen LogP contribution in [0.3, 0.4) is 0 Å². The maximum absolute atomic E-state index is 12.8. The summed E-state index contributed by atoms with van der Waals surface area (Å²) >= 11 is 0. The molecule has 6 aromatic rings. The van der Waals surface area contributed by atoms with Crippen LogP contribution >= 0.6 is 0 Å². The van der Waals surface area contributed by atoms with Crippen LogP contribution in [0.5, 0.6) is 5.75 Å². The smallest absolute Gasteiger partial charge is 0.793 e. The zero-order valence-electron chi connectivity index (χ0n) is 63.0. The Balaban J connectivity index is -0.000000554. The Morgan fingerprint density at radius 1 is 0.520 bits per heavy atom. The molecule has 0 spiro atoms. The van der Waals surface area contributed by atoms with Crippen LogP contribution in [0.1, 0.15) is 156 Å². The maximum atomic E-state index is 12.8. The van der Waals surface area contributed by atoms with Crippen LogP contribution in [0.2, 0.25) is 0 Å². The van der Waals surface area contributed by atoms with Gasteiger partial charge in [0.2, 0.25) is 5.97 Å². The van der Waals surface area contributed by atoms with E-state index in [9.17, 15) is 38.9 Å². The van der Waals surface area contributed by atoms with Gasteiger partial charge in [-0.1, -0.05) is 221 Å². The zero-order chi connectivity index (χ0) is 75.0. The number of amides is 1. The largest absolute Gasteiger partial charge is 1.00 e. The van der Waals surface area contributed by atoms with Crippen molar-refractivity contribution >= 4 is 49.7 Å². The molecule has 21 nitrogen and oxygen atoms in total. The number of carbonyl (C=O) groups is 6. The van der Waals surface area contributed by atoms with E-state index < -0.39 is 29.0 Å². The molecule has 3 saturated heterocycles. The van der Waals surface area contributed by atoms with Crippen LogP contribution in [-0.2, 0) is 75.9 Å². The van der Waals surface area contributed by atoms with Crippen molar-refractivity contribution in [1.29, 1.82) is 0 Å². The second-order valence-corrected chi connectivity index (χ2v) is 20.8. The standard InChI is InChI=1S/C21H26N2O2.C14H11NO5.C13H20N2.C7H9N.C6H11NO.C4H6O4.C2H3BO2.5C2H6.Na/c1-22-14-12-20(13-15-22)23(16-18-8-4-2-5-9-18)21(24)25-17-19-10-6-3-7-11-19;16-14(19-10-11-4-2-1-3-5-11)20-13-8-6-12(7-9-13)15(17)18;1-15-9-7-13(8-10-15)14-11-12-5-3-2-4-6-12;8-6-7-4-2-1-3-5-7;1-7-4-2-6(8)3-5-7;1-3(5)7-8-4(2)6;1-2(4)5-3;5*1-2;/h2-11,20H,12-17H2,1H3;1-9H,10H2;2-6,13-14H,7-11H2,1H3;1-5H,6,8H2;2-5H2,1H3;1-2H3;1H3;5*1-2H3;/q;;;;;;-1;;;;;;+1. The number of nitro groups is 1. The van der Waals surface area contributed by atoms with Crippen LogP contribution in [-0.4, -0.2) is 141 Å². The Morgan fingerprint density at radius 2 is 0.870 bits per heavy atom. The second-order valence-electron chi connectivity index (χ2n) is 20.8. The van der Waals surface area contributed by atoms with Crippen molar-refractivity contribution in [2.75, 3.05) is 60.4 Å². The third kappa shape index (κ3) is 53.2. The number of Topliss-reactive ketones (excluding diaryl/α,β-unsaturated/α-hetero) is 1. The maximum Gasteiger partial charge on any atom is 1.00 e. The van der Waals surface area contributed by atoms with E-state index in [2.05, 4.69) is 99.1 Å². The summed E-state index contributed by atoms with van der Waals surface area (Å²) in [6.07, 6.45) is 4.98. The molecule has 3 heterocycles. The average Bonchev–Trinajstić information content (AvgIpc) is 1.01. The van der Waals surface area contributed by atoms with Gasteiger partial charge in [-0.05, 0) is 113 Å². The first-order chi connectivity index (χ1) is 47.8. The van der Waals surface area contributed by atoms with Crippen molar-refractivity contribution < 1.29 is 91.9 Å². The molecule has 3 aliphatic heterocycles. The van der Waals surface area contributed by atoms with Crippen LogP contribution in [0, 0.1) is 10.1 Å². The number of ketones is 1. The molecule has 3 fully saturated rings. The SMILES string of the molecule is CC.CC.CC.CC.CC.CC(=O)OOC(C)=O.CN1CCC(=O)CC1.CN1CCC(N(Cc2ccccc2)C(=O)OCc2ccccc2)CC1.CN1CCC(NCc2ccccc2)CC1.NCc1ccccc1.O=C(OCc1ccccc1)Oc1ccc([N+](=O)[O-])cc1.[B-]OC(C)=O.[Na+]. The van der Waals surface area contributed by atoms with Crippen LogP contribution in [0.4, 0.5) is 15.3 Å². The molecule has 0 atom stereocenters. The van der Waals surface area contributed by atoms with E-state index in [1.165, 1.54) is 68.2 Å². The molecule has 9 rings (SSSR count). The molecule has 23 heteroatoms. The summed E-state index contributed by atoms with van der Waals surface area (Å²) in [5.41, 5.74) is 10.8. The molecule has 100 heavy (non-hydrogen) atoms. The van der Waals surface area contributed by atoms with E-state index in [-0.39, 0.29) is 59.7 Å². The monoisotopic (exact) mass is 1400 g/mol. The van der Waals surface area contributed by atoms with Crippen molar-refractivity contribution in [2.24, 2.45) is 5.73 Å². The van der Waals surface area contributed by atoms with Gasteiger partial charge in [0.05, 0.1) is 4.92 Å². The Hall–Kier alpha value is -7.80. The first kappa shape index (κ1) is 98.6. The van der Waals surface area contributed by atoms with Gasteiger partial charge < -0.3 is 57.6 Å². The molecular weight excluding hydrogens is 1280 g/mol. The van der Waals surface area contributed by atoms with Gasteiger partial charge >= 0.3 is 53.7 Å². The first-order valence-electron chi connectivity index (χ1n) is 34.3. The molecule has 0 aliphatic carbocycles. The number of rotatable bonds is 13. The summed E-state index contributed by atoms with van der Waals surface area (Å²) in [5.74, 6) is -1.14. The van der Waals surface area contributed by atoms with Gasteiger partial charge in [0.25, 0.3) is 5.69 Å². The van der Waals surface area contributed by atoms with Crippen molar-refractivity contribution in [3.8, 4) is 5.75 Å². The van der Waals surface area contributed by atoms with Gasteiger partial charge in [0.15, 0.2) is 0 Å². The zero-order valence-corrected chi connectivity index (χ0v) is 65.0. The third-order valence-corrected chi connectivity index (χ3v) is 13.4. The predicted molar refractivity (Wildman–Crippen MR) is 397 cm³/mol. The normalized spacial score (nSPS) is 12.7. The van der Waals surface area contributed by atoms with Crippen molar-refractivity contribution in [3.05, 3.63) is 214 Å². The molecule has 547 valence electrons. The molecule has 1 amide bonds. The molecule has 0 bridgehead atoms. The molecular formula is C77H116BN7NaO14. The topological polar surface area (TPSA) is 252 Å². The van der Waals surface area contributed by atoms with Gasteiger partial charge in [-0.15, -0.1) is 0 Å². The Kier molecular flexibility index (Phi) is 66.1. The molecule has 6 aromatic carbocycles. The van der Waals surface area contributed by atoms with Gasteiger partial charge in [-0.3, -0.25) is 19.7 Å². The number of nitro benzene ring substituents is 1. The first-order valence-corrected chi connectivity index (χ1v) is 34.3. The van der Waals surface area contributed by atoms with Gasteiger partial charge in [0.1, 0.15) is 24.7 Å². The molecule has 0 unspecified atom stereocenters. The third-order valence-electron chi connectivity index (χ3n) is 13.4. The summed E-state index contributed by atoms with van der Waals surface area (Å²) in [6.45, 7) is 32.6. The number of benzene rings is 6. The number of likely N-dealkylation sites (tertiary alicyclic amines) is 3. The van der Waals surface area contributed by atoms with Crippen molar-refractivity contribution in [1.82, 2.24) is 24.9 Å². The quantitative estimate of drug-likeness (QED) is 0.0272. The number of nitrogens with one attached hydrogen (secondary N) is 1. The fourth-order valence-corrected chi connectivity index (χ4v) is 8.38. The molecule has 0 aromatic heterocycles. The van der Waals surface area contributed by atoms with Crippen LogP contribution < -0.4 is 45.3 Å². The number of non-ortho nitro benzene ring substituents is 1. The summed E-state index contributed by atoms with van der Waals surface area (Å²) in [7, 11) is 10.7. The molecule has 3 N–H and O–H groups in total. The summed E-state index contributed by atoms with van der Waals surface area (Å²) in [5, 5.41) is 14.1. The number of piperidine rings is 3.